The SMILES string of the molecule is Cc1ccn(-c2cc(N3CCN(C(=O)Cc4ccc(S(=O)(=O)C(C)C)cc4)CC3)ncn2)n1. The smallest absolute Gasteiger partial charge is 0.227 e. The van der Waals surface area contributed by atoms with Crippen LogP contribution in [0.25, 0.3) is 5.82 Å². The molecule has 1 saturated heterocycles. The van der Waals surface area contributed by atoms with Gasteiger partial charge in [-0.2, -0.15) is 5.10 Å². The molecule has 0 N–H and O–H groups in total. The van der Waals surface area contributed by atoms with Crippen LogP contribution >= 0.6 is 0 Å². The van der Waals surface area contributed by atoms with Gasteiger partial charge in [-0.3, -0.25) is 4.79 Å². The molecule has 9 nitrogen and oxygen atoms in total. The summed E-state index contributed by atoms with van der Waals surface area (Å²) >= 11 is 0. The van der Waals surface area contributed by atoms with E-state index in [0.29, 0.717) is 32.0 Å². The quantitative estimate of drug-likeness (QED) is 0.546. The summed E-state index contributed by atoms with van der Waals surface area (Å²) in [5.41, 5.74) is 1.72. The minimum Gasteiger partial charge on any atom is -0.353 e. The third-order valence-corrected chi connectivity index (χ3v) is 7.95. The van der Waals surface area contributed by atoms with Gasteiger partial charge in [0.1, 0.15) is 12.1 Å². The normalized spacial score (nSPS) is 14.7. The van der Waals surface area contributed by atoms with Crippen molar-refractivity contribution in [2.75, 3.05) is 31.1 Å². The number of aromatic nitrogens is 4. The molecular formula is C23H28N6O3S. The van der Waals surface area contributed by atoms with Crippen LogP contribution in [0.1, 0.15) is 25.1 Å². The number of hydrogen-bond acceptors (Lipinski definition) is 7. The lowest BCUT2D eigenvalue weighted by Crippen LogP contribution is -2.49. The van der Waals surface area contributed by atoms with E-state index in [1.54, 1.807) is 42.8 Å². The molecule has 10 heteroatoms. The van der Waals surface area contributed by atoms with Gasteiger partial charge >= 0.3 is 0 Å². The van der Waals surface area contributed by atoms with E-state index in [4.69, 9.17) is 0 Å². The van der Waals surface area contributed by atoms with Crippen molar-refractivity contribution in [2.24, 2.45) is 0 Å². The average molecular weight is 469 g/mol. The summed E-state index contributed by atoms with van der Waals surface area (Å²) < 4.78 is 26.3. The van der Waals surface area contributed by atoms with Crippen LogP contribution in [-0.4, -0.2) is 70.4 Å². The number of piperazine rings is 1. The largest absolute Gasteiger partial charge is 0.353 e. The third-order valence-electron chi connectivity index (χ3n) is 5.78. The molecule has 1 fully saturated rings. The summed E-state index contributed by atoms with van der Waals surface area (Å²) in [5.74, 6) is 1.54. The Kier molecular flexibility index (Phi) is 6.46. The fraction of sp³-hybridized carbons (Fsp3) is 0.391. The van der Waals surface area contributed by atoms with Crippen LogP contribution in [0.2, 0.25) is 0 Å². The van der Waals surface area contributed by atoms with Crippen LogP contribution in [0.3, 0.4) is 0 Å². The Morgan fingerprint density at radius 1 is 1.00 bits per heavy atom. The second kappa shape index (κ2) is 9.30. The number of nitrogens with zero attached hydrogens (tertiary/aromatic N) is 6. The molecule has 1 aliphatic rings. The van der Waals surface area contributed by atoms with Crippen LogP contribution in [0.5, 0.6) is 0 Å². The van der Waals surface area contributed by atoms with Gasteiger partial charge in [-0.25, -0.2) is 23.1 Å². The molecule has 0 atom stereocenters. The fourth-order valence-electron chi connectivity index (χ4n) is 3.72. The average Bonchev–Trinajstić information content (AvgIpc) is 3.26. The molecule has 0 aliphatic carbocycles. The zero-order valence-corrected chi connectivity index (χ0v) is 19.9. The molecule has 0 unspecified atom stereocenters. The molecule has 3 heterocycles. The van der Waals surface area contributed by atoms with E-state index in [1.165, 1.54) is 6.33 Å². The van der Waals surface area contributed by atoms with E-state index in [2.05, 4.69) is 20.0 Å². The Morgan fingerprint density at radius 3 is 2.27 bits per heavy atom. The van der Waals surface area contributed by atoms with Gasteiger partial charge in [-0.05, 0) is 44.5 Å². The summed E-state index contributed by atoms with van der Waals surface area (Å²) in [5, 5.41) is 3.92. The number of anilines is 1. The van der Waals surface area contributed by atoms with Crippen molar-refractivity contribution in [3.8, 4) is 5.82 Å². The van der Waals surface area contributed by atoms with Gasteiger partial charge in [0.25, 0.3) is 0 Å². The Bertz CT molecular complexity index is 1230. The molecule has 0 radical (unpaired) electrons. The second-order valence-electron chi connectivity index (χ2n) is 8.42. The van der Waals surface area contributed by atoms with Gasteiger partial charge in [0.05, 0.1) is 22.3 Å². The van der Waals surface area contributed by atoms with Crippen LogP contribution < -0.4 is 4.90 Å². The second-order valence-corrected chi connectivity index (χ2v) is 10.9. The highest BCUT2D eigenvalue weighted by Crippen LogP contribution is 2.19. The van der Waals surface area contributed by atoms with Crippen LogP contribution in [0, 0.1) is 6.92 Å². The number of amides is 1. The highest BCUT2D eigenvalue weighted by molar-refractivity contribution is 7.92. The summed E-state index contributed by atoms with van der Waals surface area (Å²) in [4.78, 5) is 25.8. The summed E-state index contributed by atoms with van der Waals surface area (Å²) in [6, 6.07) is 10.4. The maximum Gasteiger partial charge on any atom is 0.227 e. The molecule has 33 heavy (non-hydrogen) atoms. The van der Waals surface area contributed by atoms with E-state index in [9.17, 15) is 13.2 Å². The molecule has 1 aromatic carbocycles. The maximum absolute atomic E-state index is 12.8. The topological polar surface area (TPSA) is 101 Å². The Hall–Kier alpha value is -3.27. The molecule has 1 aliphatic heterocycles. The highest BCUT2D eigenvalue weighted by Gasteiger charge is 2.23. The Morgan fingerprint density at radius 2 is 1.67 bits per heavy atom. The van der Waals surface area contributed by atoms with E-state index in [1.807, 2.05) is 30.2 Å². The van der Waals surface area contributed by atoms with Gasteiger partial charge in [0.2, 0.25) is 5.91 Å². The van der Waals surface area contributed by atoms with Gasteiger partial charge < -0.3 is 9.80 Å². The first-order valence-electron chi connectivity index (χ1n) is 10.9. The van der Waals surface area contributed by atoms with E-state index in [0.717, 1.165) is 17.1 Å². The molecule has 3 aromatic rings. The lowest BCUT2D eigenvalue weighted by atomic mass is 10.1. The molecular weight excluding hydrogens is 440 g/mol. The molecule has 4 rings (SSSR count). The lowest BCUT2D eigenvalue weighted by molar-refractivity contribution is -0.130. The predicted octanol–water partition coefficient (Wildman–Crippen LogP) is 2.04. The molecule has 0 spiro atoms. The number of aryl methyl sites for hydroxylation is 1. The zero-order valence-electron chi connectivity index (χ0n) is 19.0. The van der Waals surface area contributed by atoms with Gasteiger partial charge in [-0.15, -0.1) is 0 Å². The van der Waals surface area contributed by atoms with Crippen molar-refractivity contribution in [2.45, 2.75) is 37.3 Å². The maximum atomic E-state index is 12.8. The van der Waals surface area contributed by atoms with Crippen molar-refractivity contribution >= 4 is 21.6 Å². The Balaban J connectivity index is 1.35. The summed E-state index contributed by atoms with van der Waals surface area (Å²) in [6.45, 7) is 7.78. The van der Waals surface area contributed by atoms with Gasteiger partial charge in [0, 0.05) is 38.4 Å². The van der Waals surface area contributed by atoms with E-state index in [-0.39, 0.29) is 17.2 Å². The zero-order chi connectivity index (χ0) is 23.6. The van der Waals surface area contributed by atoms with Crippen molar-refractivity contribution in [1.82, 2.24) is 24.6 Å². The molecule has 1 amide bonds. The first kappa shape index (κ1) is 22.9. The standard InChI is InChI=1S/C23H28N6O3S/c1-17(2)33(31,32)20-6-4-19(5-7-20)14-23(30)28-12-10-27(11-13-28)21-15-22(25-16-24-21)29-9-8-18(3)26-29/h4-9,15-17H,10-14H2,1-3H3. The first-order valence-corrected chi connectivity index (χ1v) is 12.5. The fourth-order valence-corrected chi connectivity index (χ4v) is 4.78. The van der Waals surface area contributed by atoms with E-state index >= 15 is 0 Å². The van der Waals surface area contributed by atoms with Crippen LogP contribution in [0.4, 0.5) is 5.82 Å². The highest BCUT2D eigenvalue weighted by atomic mass is 32.2. The third kappa shape index (κ3) is 5.05. The number of carbonyl (C=O) groups is 1. The number of hydrogen-bond donors (Lipinski definition) is 0. The minimum absolute atomic E-state index is 0.0320. The number of carbonyl (C=O) groups excluding carboxylic acids is 1. The first-order chi connectivity index (χ1) is 15.7. The van der Waals surface area contributed by atoms with Gasteiger partial charge in [0.15, 0.2) is 15.7 Å². The van der Waals surface area contributed by atoms with Crippen molar-refractivity contribution < 1.29 is 13.2 Å². The number of rotatable bonds is 6. The minimum atomic E-state index is -3.31. The molecule has 0 bridgehead atoms. The molecule has 174 valence electrons. The van der Waals surface area contributed by atoms with Crippen molar-refractivity contribution in [3.05, 3.63) is 60.2 Å². The lowest BCUT2D eigenvalue weighted by Gasteiger charge is -2.35. The molecule has 2 aromatic heterocycles. The predicted molar refractivity (Wildman–Crippen MR) is 125 cm³/mol. The monoisotopic (exact) mass is 468 g/mol. The van der Waals surface area contributed by atoms with Gasteiger partial charge in [-0.1, -0.05) is 12.1 Å². The van der Waals surface area contributed by atoms with Crippen molar-refractivity contribution in [1.29, 1.82) is 0 Å². The Labute approximate surface area is 194 Å². The molecule has 0 saturated carbocycles. The number of benzene rings is 1. The summed E-state index contributed by atoms with van der Waals surface area (Å²) in [7, 11) is -3.31. The van der Waals surface area contributed by atoms with E-state index < -0.39 is 15.1 Å². The van der Waals surface area contributed by atoms with Crippen LogP contribution in [-0.2, 0) is 21.1 Å². The van der Waals surface area contributed by atoms with Crippen molar-refractivity contribution in [3.63, 3.8) is 0 Å². The summed E-state index contributed by atoms with van der Waals surface area (Å²) in [6.07, 6.45) is 3.64. The van der Waals surface area contributed by atoms with Crippen LogP contribution in [0.15, 0.2) is 53.8 Å². The number of sulfone groups is 1.